The van der Waals surface area contributed by atoms with Gasteiger partial charge < -0.3 is 10.4 Å². The zero-order valence-corrected chi connectivity index (χ0v) is 14.3. The first-order chi connectivity index (χ1) is 11.2. The van der Waals surface area contributed by atoms with Gasteiger partial charge in [-0.2, -0.15) is 0 Å². The SMILES string of the molecule is CC(C)(C)NC(=O)c1cccc(CC(=O)Cc2cccc(O)c2)c1. The summed E-state index contributed by atoms with van der Waals surface area (Å²) >= 11 is 0. The summed E-state index contributed by atoms with van der Waals surface area (Å²) in [6, 6.07) is 13.8. The molecule has 0 bridgehead atoms. The Kier molecular flexibility index (Phi) is 5.39. The first-order valence-corrected chi connectivity index (χ1v) is 7.94. The molecule has 24 heavy (non-hydrogen) atoms. The van der Waals surface area contributed by atoms with Gasteiger partial charge in [0.1, 0.15) is 11.5 Å². The van der Waals surface area contributed by atoms with Gasteiger partial charge in [0.25, 0.3) is 5.91 Å². The van der Waals surface area contributed by atoms with Crippen LogP contribution in [0.25, 0.3) is 0 Å². The zero-order valence-electron chi connectivity index (χ0n) is 14.3. The number of Topliss-reactive ketones (excluding diaryl/α,β-unsaturated/α-hetero) is 1. The van der Waals surface area contributed by atoms with Crippen LogP contribution in [0.2, 0.25) is 0 Å². The number of hydrogen-bond acceptors (Lipinski definition) is 3. The molecule has 0 aromatic heterocycles. The second-order valence-corrected chi connectivity index (χ2v) is 6.97. The third-order valence-corrected chi connectivity index (χ3v) is 3.39. The average Bonchev–Trinajstić information content (AvgIpc) is 2.45. The van der Waals surface area contributed by atoms with Crippen molar-refractivity contribution in [2.75, 3.05) is 0 Å². The minimum Gasteiger partial charge on any atom is -0.508 e. The molecule has 0 aliphatic heterocycles. The Hall–Kier alpha value is -2.62. The summed E-state index contributed by atoms with van der Waals surface area (Å²) in [5.74, 6) is 0.0416. The number of nitrogens with one attached hydrogen (secondary N) is 1. The first-order valence-electron chi connectivity index (χ1n) is 7.94. The normalized spacial score (nSPS) is 11.1. The highest BCUT2D eigenvalue weighted by Crippen LogP contribution is 2.14. The van der Waals surface area contributed by atoms with E-state index in [1.807, 2.05) is 32.9 Å². The van der Waals surface area contributed by atoms with Gasteiger partial charge >= 0.3 is 0 Å². The van der Waals surface area contributed by atoms with Crippen LogP contribution in [0.1, 0.15) is 42.3 Å². The van der Waals surface area contributed by atoms with Crippen molar-refractivity contribution < 1.29 is 14.7 Å². The van der Waals surface area contributed by atoms with Gasteiger partial charge in [-0.25, -0.2) is 0 Å². The van der Waals surface area contributed by atoms with E-state index in [2.05, 4.69) is 5.32 Å². The maximum Gasteiger partial charge on any atom is 0.251 e. The molecule has 0 saturated carbocycles. The van der Waals surface area contributed by atoms with E-state index >= 15 is 0 Å². The van der Waals surface area contributed by atoms with E-state index < -0.39 is 0 Å². The molecule has 0 fully saturated rings. The van der Waals surface area contributed by atoms with E-state index in [9.17, 15) is 14.7 Å². The molecule has 2 rings (SSSR count). The van der Waals surface area contributed by atoms with Crippen molar-refractivity contribution >= 4 is 11.7 Å². The van der Waals surface area contributed by atoms with Gasteiger partial charge in [-0.15, -0.1) is 0 Å². The Labute approximate surface area is 142 Å². The molecule has 4 nitrogen and oxygen atoms in total. The molecule has 1 amide bonds. The quantitative estimate of drug-likeness (QED) is 0.886. The molecule has 126 valence electrons. The molecule has 4 heteroatoms. The highest BCUT2D eigenvalue weighted by molar-refractivity contribution is 5.95. The third kappa shape index (κ3) is 5.54. The molecular weight excluding hydrogens is 302 g/mol. The number of carbonyl (C=O) groups excluding carboxylic acids is 2. The Bertz CT molecular complexity index is 745. The lowest BCUT2D eigenvalue weighted by molar-refractivity contribution is -0.117. The zero-order chi connectivity index (χ0) is 17.7. The van der Waals surface area contributed by atoms with E-state index in [1.54, 1.807) is 36.4 Å². The molecular formula is C20H23NO3. The van der Waals surface area contributed by atoms with Gasteiger partial charge in [0, 0.05) is 23.9 Å². The highest BCUT2D eigenvalue weighted by atomic mass is 16.3. The van der Waals surface area contributed by atoms with Crippen molar-refractivity contribution in [3.8, 4) is 5.75 Å². The molecule has 0 radical (unpaired) electrons. The molecule has 2 aromatic carbocycles. The van der Waals surface area contributed by atoms with Gasteiger partial charge in [0.2, 0.25) is 0 Å². The molecule has 2 aromatic rings. The van der Waals surface area contributed by atoms with E-state index in [0.29, 0.717) is 5.56 Å². The van der Waals surface area contributed by atoms with Crippen LogP contribution < -0.4 is 5.32 Å². The summed E-state index contributed by atoms with van der Waals surface area (Å²) in [7, 11) is 0. The number of phenolic OH excluding ortho intramolecular Hbond substituents is 1. The summed E-state index contributed by atoms with van der Waals surface area (Å²) in [5, 5.41) is 12.4. The topological polar surface area (TPSA) is 66.4 Å². The third-order valence-electron chi connectivity index (χ3n) is 3.39. The van der Waals surface area contributed by atoms with Crippen molar-refractivity contribution in [1.82, 2.24) is 5.32 Å². The van der Waals surface area contributed by atoms with Gasteiger partial charge in [-0.3, -0.25) is 9.59 Å². The molecule has 0 unspecified atom stereocenters. The first kappa shape index (κ1) is 17.7. The van der Waals surface area contributed by atoms with Crippen LogP contribution in [0.15, 0.2) is 48.5 Å². The van der Waals surface area contributed by atoms with Gasteiger partial charge in [-0.1, -0.05) is 24.3 Å². The Balaban J connectivity index is 2.03. The van der Waals surface area contributed by atoms with Crippen LogP contribution in [0.5, 0.6) is 5.75 Å². The predicted octanol–water partition coefficient (Wildman–Crippen LogP) is 3.27. The van der Waals surface area contributed by atoms with Crippen LogP contribution in [0.4, 0.5) is 0 Å². The number of hydrogen-bond donors (Lipinski definition) is 2. The van der Waals surface area contributed by atoms with E-state index in [4.69, 9.17) is 0 Å². The molecule has 0 heterocycles. The summed E-state index contributed by atoms with van der Waals surface area (Å²) in [5.41, 5.74) is 1.83. The minimum atomic E-state index is -0.307. The van der Waals surface area contributed by atoms with Crippen molar-refractivity contribution in [2.24, 2.45) is 0 Å². The van der Waals surface area contributed by atoms with Crippen LogP contribution in [-0.4, -0.2) is 22.3 Å². The largest absolute Gasteiger partial charge is 0.508 e. The fourth-order valence-electron chi connectivity index (χ4n) is 2.42. The fourth-order valence-corrected chi connectivity index (χ4v) is 2.42. The second kappa shape index (κ2) is 7.30. The second-order valence-electron chi connectivity index (χ2n) is 6.97. The van der Waals surface area contributed by atoms with Crippen molar-refractivity contribution in [2.45, 2.75) is 39.2 Å². The fraction of sp³-hybridized carbons (Fsp3) is 0.300. The van der Waals surface area contributed by atoms with Crippen LogP contribution >= 0.6 is 0 Å². The summed E-state index contributed by atoms with van der Waals surface area (Å²) < 4.78 is 0. The maximum absolute atomic E-state index is 12.2. The maximum atomic E-state index is 12.2. The predicted molar refractivity (Wildman–Crippen MR) is 94.2 cm³/mol. The molecule has 0 atom stereocenters. The average molecular weight is 325 g/mol. The molecule has 2 N–H and O–H groups in total. The number of ketones is 1. The van der Waals surface area contributed by atoms with Gasteiger partial charge in [-0.05, 0) is 56.2 Å². The lowest BCUT2D eigenvalue weighted by atomic mass is 10.0. The smallest absolute Gasteiger partial charge is 0.251 e. The summed E-state index contributed by atoms with van der Waals surface area (Å²) in [6.45, 7) is 5.77. The molecule has 0 aliphatic rings. The lowest BCUT2D eigenvalue weighted by Crippen LogP contribution is -2.40. The Morgan fingerprint density at radius 2 is 1.54 bits per heavy atom. The number of aromatic hydroxyl groups is 1. The summed E-state index contributed by atoms with van der Waals surface area (Å²) in [6.07, 6.45) is 0.513. The number of rotatable bonds is 5. The van der Waals surface area contributed by atoms with Crippen molar-refractivity contribution in [1.29, 1.82) is 0 Å². The van der Waals surface area contributed by atoms with Crippen molar-refractivity contribution in [3.05, 3.63) is 65.2 Å². The monoisotopic (exact) mass is 325 g/mol. The Morgan fingerprint density at radius 1 is 0.958 bits per heavy atom. The van der Waals surface area contributed by atoms with Gasteiger partial charge in [0.05, 0.1) is 0 Å². The van der Waals surface area contributed by atoms with Crippen LogP contribution in [-0.2, 0) is 17.6 Å². The van der Waals surface area contributed by atoms with Crippen LogP contribution in [0, 0.1) is 0 Å². The molecule has 0 aliphatic carbocycles. The molecule has 0 saturated heterocycles. The number of amides is 1. The number of carbonyl (C=O) groups is 2. The van der Waals surface area contributed by atoms with Gasteiger partial charge in [0.15, 0.2) is 0 Å². The lowest BCUT2D eigenvalue weighted by Gasteiger charge is -2.20. The van der Waals surface area contributed by atoms with Crippen LogP contribution in [0.3, 0.4) is 0 Å². The van der Waals surface area contributed by atoms with Crippen molar-refractivity contribution in [3.63, 3.8) is 0 Å². The Morgan fingerprint density at radius 3 is 2.12 bits per heavy atom. The standard InChI is InChI=1S/C20H23NO3/c1-20(2,3)21-19(24)16-8-4-6-14(10-16)12-18(23)13-15-7-5-9-17(22)11-15/h4-11,22H,12-13H2,1-3H3,(H,21,24). The van der Waals surface area contributed by atoms with E-state index in [0.717, 1.165) is 11.1 Å². The van der Waals surface area contributed by atoms with E-state index in [1.165, 1.54) is 0 Å². The van der Waals surface area contributed by atoms with E-state index in [-0.39, 0.29) is 35.8 Å². The molecule has 0 spiro atoms. The minimum absolute atomic E-state index is 0.0361. The number of benzene rings is 2. The highest BCUT2D eigenvalue weighted by Gasteiger charge is 2.15. The summed E-state index contributed by atoms with van der Waals surface area (Å²) in [4.78, 5) is 24.4. The number of phenols is 1.